The molecule has 0 saturated heterocycles. The second-order valence-corrected chi connectivity index (χ2v) is 7.62. The quantitative estimate of drug-likeness (QED) is 0.567. The molecule has 2 unspecified atom stereocenters. The van der Waals surface area contributed by atoms with Gasteiger partial charge in [-0.15, -0.1) is 0 Å². The Kier molecular flexibility index (Phi) is 3.90. The highest BCUT2D eigenvalue weighted by Gasteiger charge is 2.49. The van der Waals surface area contributed by atoms with Crippen LogP contribution in [-0.2, 0) is 0 Å². The van der Waals surface area contributed by atoms with E-state index < -0.39 is 0 Å². The van der Waals surface area contributed by atoms with Crippen molar-refractivity contribution in [3.05, 3.63) is 0 Å². The number of hydrogen-bond acceptors (Lipinski definition) is 0. The Morgan fingerprint density at radius 2 is 1.47 bits per heavy atom. The molecule has 0 N–H and O–H groups in total. The van der Waals surface area contributed by atoms with Crippen molar-refractivity contribution in [2.24, 2.45) is 22.7 Å². The van der Waals surface area contributed by atoms with E-state index in [1.165, 1.54) is 57.8 Å². The Hall–Kier alpha value is 0. The van der Waals surface area contributed by atoms with Gasteiger partial charge in [-0.1, -0.05) is 66.2 Å². The Bertz CT molecular complexity index is 247. The van der Waals surface area contributed by atoms with Crippen LogP contribution in [0.25, 0.3) is 0 Å². The van der Waals surface area contributed by atoms with Crippen LogP contribution in [0.3, 0.4) is 0 Å². The fourth-order valence-electron chi connectivity index (χ4n) is 4.76. The molecule has 0 aromatic rings. The van der Waals surface area contributed by atoms with Gasteiger partial charge in [0.1, 0.15) is 0 Å². The van der Waals surface area contributed by atoms with Gasteiger partial charge in [0.15, 0.2) is 0 Å². The average Bonchev–Trinajstić information content (AvgIpc) is 2.34. The largest absolute Gasteiger partial charge is 0.0620 e. The molecule has 2 saturated carbocycles. The highest BCUT2D eigenvalue weighted by atomic mass is 14.5. The third-order valence-electron chi connectivity index (χ3n) is 6.77. The molecule has 0 nitrogen and oxygen atoms in total. The van der Waals surface area contributed by atoms with Crippen molar-refractivity contribution < 1.29 is 0 Å². The molecule has 17 heavy (non-hydrogen) atoms. The molecule has 0 aliphatic heterocycles. The molecule has 0 spiro atoms. The van der Waals surface area contributed by atoms with Crippen molar-refractivity contribution in [3.63, 3.8) is 0 Å². The molecule has 0 radical (unpaired) electrons. The van der Waals surface area contributed by atoms with Crippen molar-refractivity contribution >= 4 is 0 Å². The molecule has 100 valence electrons. The Morgan fingerprint density at radius 3 is 2.06 bits per heavy atom. The second kappa shape index (κ2) is 4.94. The first-order valence-electron chi connectivity index (χ1n) is 7.98. The maximum Gasteiger partial charge on any atom is -0.0246 e. The van der Waals surface area contributed by atoms with Crippen LogP contribution in [0.15, 0.2) is 0 Å². The monoisotopic (exact) mass is 236 g/mol. The maximum atomic E-state index is 2.60. The average molecular weight is 236 g/mol. The lowest BCUT2D eigenvalue weighted by Gasteiger charge is -2.55. The van der Waals surface area contributed by atoms with E-state index in [2.05, 4.69) is 27.7 Å². The Morgan fingerprint density at radius 1 is 0.882 bits per heavy atom. The van der Waals surface area contributed by atoms with Gasteiger partial charge in [0, 0.05) is 0 Å². The summed E-state index contributed by atoms with van der Waals surface area (Å²) in [4.78, 5) is 0. The third kappa shape index (κ3) is 2.29. The van der Waals surface area contributed by atoms with Crippen molar-refractivity contribution in [1.82, 2.24) is 0 Å². The fraction of sp³-hybridized carbons (Fsp3) is 1.00. The summed E-state index contributed by atoms with van der Waals surface area (Å²) < 4.78 is 0. The van der Waals surface area contributed by atoms with Gasteiger partial charge >= 0.3 is 0 Å². The van der Waals surface area contributed by atoms with Crippen molar-refractivity contribution in [1.29, 1.82) is 0 Å². The molecule has 2 atom stereocenters. The topological polar surface area (TPSA) is 0 Å². The summed E-state index contributed by atoms with van der Waals surface area (Å²) in [5.74, 6) is 1.91. The molecular weight excluding hydrogens is 204 g/mol. The van der Waals surface area contributed by atoms with Crippen LogP contribution in [0.2, 0.25) is 0 Å². The molecule has 2 aliphatic carbocycles. The zero-order chi connectivity index (χ0) is 12.5. The Balaban J connectivity index is 2.16. The molecule has 0 aromatic heterocycles. The van der Waals surface area contributed by atoms with E-state index in [1.54, 1.807) is 0 Å². The summed E-state index contributed by atoms with van der Waals surface area (Å²) in [6.45, 7) is 10.3. The minimum atomic E-state index is 0.549. The van der Waals surface area contributed by atoms with E-state index in [9.17, 15) is 0 Å². The molecule has 0 bridgehead atoms. The smallest absolute Gasteiger partial charge is 0.0246 e. The summed E-state index contributed by atoms with van der Waals surface area (Å²) >= 11 is 0. The summed E-state index contributed by atoms with van der Waals surface area (Å²) in [5.41, 5.74) is 1.14. The molecule has 0 amide bonds. The molecule has 0 heteroatoms. The molecular formula is C17H32. The fourth-order valence-corrected chi connectivity index (χ4v) is 4.76. The lowest BCUT2D eigenvalue weighted by Crippen LogP contribution is -2.47. The van der Waals surface area contributed by atoms with Crippen LogP contribution in [0.1, 0.15) is 85.5 Å². The van der Waals surface area contributed by atoms with Gasteiger partial charge in [-0.2, -0.15) is 0 Å². The van der Waals surface area contributed by atoms with Gasteiger partial charge in [-0.25, -0.2) is 0 Å². The van der Waals surface area contributed by atoms with E-state index in [1.807, 2.05) is 0 Å². The van der Waals surface area contributed by atoms with Crippen LogP contribution in [0.4, 0.5) is 0 Å². The van der Waals surface area contributed by atoms with Crippen molar-refractivity contribution in [3.8, 4) is 0 Å². The van der Waals surface area contributed by atoms with Crippen LogP contribution in [0, 0.1) is 22.7 Å². The first-order valence-corrected chi connectivity index (χ1v) is 7.98. The van der Waals surface area contributed by atoms with E-state index in [-0.39, 0.29) is 0 Å². The van der Waals surface area contributed by atoms with Crippen LogP contribution in [0.5, 0.6) is 0 Å². The van der Waals surface area contributed by atoms with Gasteiger partial charge in [0.25, 0.3) is 0 Å². The predicted octanol–water partition coefficient (Wildman–Crippen LogP) is 5.81. The molecule has 2 fully saturated rings. The summed E-state index contributed by atoms with van der Waals surface area (Å²) in [5, 5.41) is 0. The highest BCUT2D eigenvalue weighted by molar-refractivity contribution is 4.98. The summed E-state index contributed by atoms with van der Waals surface area (Å²) in [7, 11) is 0. The SMILES string of the molecule is CC1CCCCC1(C)C(C)(C)C1CCCCC1. The van der Waals surface area contributed by atoms with Crippen molar-refractivity contribution in [2.75, 3.05) is 0 Å². The second-order valence-electron chi connectivity index (χ2n) is 7.62. The van der Waals surface area contributed by atoms with E-state index in [0.29, 0.717) is 10.8 Å². The first-order chi connectivity index (χ1) is 7.98. The lowest BCUT2D eigenvalue weighted by atomic mass is 9.50. The zero-order valence-electron chi connectivity index (χ0n) is 12.5. The van der Waals surface area contributed by atoms with E-state index in [0.717, 1.165) is 11.8 Å². The van der Waals surface area contributed by atoms with E-state index in [4.69, 9.17) is 0 Å². The van der Waals surface area contributed by atoms with Gasteiger partial charge in [0.2, 0.25) is 0 Å². The van der Waals surface area contributed by atoms with Gasteiger partial charge < -0.3 is 0 Å². The lowest BCUT2D eigenvalue weighted by molar-refractivity contribution is -0.0590. The predicted molar refractivity (Wildman–Crippen MR) is 76.1 cm³/mol. The number of rotatable bonds is 2. The van der Waals surface area contributed by atoms with Gasteiger partial charge in [0.05, 0.1) is 0 Å². The highest BCUT2D eigenvalue weighted by Crippen LogP contribution is 2.58. The van der Waals surface area contributed by atoms with Crippen LogP contribution in [-0.4, -0.2) is 0 Å². The molecule has 0 heterocycles. The van der Waals surface area contributed by atoms with E-state index >= 15 is 0 Å². The van der Waals surface area contributed by atoms with Gasteiger partial charge in [-0.05, 0) is 41.9 Å². The first kappa shape index (κ1) is 13.4. The minimum absolute atomic E-state index is 0.549. The number of hydrogen-bond donors (Lipinski definition) is 0. The Labute approximate surface area is 109 Å². The van der Waals surface area contributed by atoms with Crippen LogP contribution < -0.4 is 0 Å². The third-order valence-corrected chi connectivity index (χ3v) is 6.77. The van der Waals surface area contributed by atoms with Crippen molar-refractivity contribution in [2.45, 2.75) is 85.5 Å². The summed E-state index contributed by atoms with van der Waals surface area (Å²) in [6, 6.07) is 0. The minimum Gasteiger partial charge on any atom is -0.0620 e. The zero-order valence-corrected chi connectivity index (χ0v) is 12.5. The molecule has 0 aromatic carbocycles. The standard InChI is InChI=1S/C17H32/c1-14-10-8-9-13-17(14,4)16(2,3)15-11-6-5-7-12-15/h14-15H,5-13H2,1-4H3. The normalized spacial score (nSPS) is 37.1. The molecule has 2 rings (SSSR count). The molecule has 2 aliphatic rings. The maximum absolute atomic E-state index is 2.60. The van der Waals surface area contributed by atoms with Crippen LogP contribution >= 0.6 is 0 Å². The van der Waals surface area contributed by atoms with Gasteiger partial charge in [-0.3, -0.25) is 0 Å². The summed E-state index contributed by atoms with van der Waals surface area (Å²) in [6.07, 6.45) is 13.3.